The number of benzene rings is 1. The summed E-state index contributed by atoms with van der Waals surface area (Å²) in [5.74, 6) is 1.59. The van der Waals surface area contributed by atoms with Crippen LogP contribution in [-0.2, 0) is 12.8 Å². The van der Waals surface area contributed by atoms with Gasteiger partial charge >= 0.3 is 0 Å². The number of carbonyl (C=O) groups excluding carboxylic acids is 1. The zero-order valence-electron chi connectivity index (χ0n) is 17.2. The van der Waals surface area contributed by atoms with Crippen LogP contribution in [0, 0.1) is 0 Å². The number of nitrogens with one attached hydrogen (secondary N) is 1. The fourth-order valence-electron chi connectivity index (χ4n) is 3.93. The third kappa shape index (κ3) is 4.93. The molecule has 6 nitrogen and oxygen atoms in total. The molecule has 3 heterocycles. The number of aromatic nitrogens is 3. The molecule has 7 heteroatoms. The lowest BCUT2D eigenvalue weighted by molar-refractivity contribution is 0.0692. The van der Waals surface area contributed by atoms with Gasteiger partial charge in [0.25, 0.3) is 5.91 Å². The summed E-state index contributed by atoms with van der Waals surface area (Å²) in [6.45, 7) is 3.50. The Balaban J connectivity index is 1.39. The van der Waals surface area contributed by atoms with Crippen LogP contribution in [0.3, 0.4) is 0 Å². The SMILES string of the molecule is CCCCc1cc(C(=O)N2CCCC(c3ncc(Cc4cccc(Cl)c4)o3)C2)n[nH]1. The van der Waals surface area contributed by atoms with Crippen LogP contribution in [0.1, 0.15) is 71.9 Å². The van der Waals surface area contributed by atoms with Crippen molar-refractivity contribution in [3.8, 4) is 0 Å². The second-order valence-electron chi connectivity index (χ2n) is 7.94. The summed E-state index contributed by atoms with van der Waals surface area (Å²) in [5, 5.41) is 7.94. The van der Waals surface area contributed by atoms with Gasteiger partial charge in [-0.05, 0) is 49.4 Å². The van der Waals surface area contributed by atoms with E-state index in [1.165, 1.54) is 0 Å². The first-order valence-electron chi connectivity index (χ1n) is 10.6. The van der Waals surface area contributed by atoms with Gasteiger partial charge < -0.3 is 9.32 Å². The number of likely N-dealkylation sites (tertiary alicyclic amines) is 1. The van der Waals surface area contributed by atoms with E-state index in [-0.39, 0.29) is 11.8 Å². The summed E-state index contributed by atoms with van der Waals surface area (Å²) in [4.78, 5) is 19.3. The van der Waals surface area contributed by atoms with Crippen LogP contribution in [0.5, 0.6) is 0 Å². The molecule has 3 aromatic rings. The maximum absolute atomic E-state index is 12.9. The lowest BCUT2D eigenvalue weighted by Crippen LogP contribution is -2.39. The molecule has 158 valence electrons. The monoisotopic (exact) mass is 426 g/mol. The lowest BCUT2D eigenvalue weighted by atomic mass is 9.97. The zero-order chi connectivity index (χ0) is 20.9. The van der Waals surface area contributed by atoms with E-state index in [4.69, 9.17) is 16.0 Å². The highest BCUT2D eigenvalue weighted by molar-refractivity contribution is 6.30. The molecule has 1 N–H and O–H groups in total. The van der Waals surface area contributed by atoms with Crippen LogP contribution < -0.4 is 0 Å². The van der Waals surface area contributed by atoms with Crippen molar-refractivity contribution in [3.05, 3.63) is 70.2 Å². The number of oxazole rings is 1. The van der Waals surface area contributed by atoms with E-state index in [0.717, 1.165) is 55.7 Å². The normalized spacial score (nSPS) is 16.7. The molecule has 1 aromatic carbocycles. The van der Waals surface area contributed by atoms with E-state index in [9.17, 15) is 4.79 Å². The minimum absolute atomic E-state index is 0.0237. The highest BCUT2D eigenvalue weighted by Crippen LogP contribution is 2.28. The highest BCUT2D eigenvalue weighted by Gasteiger charge is 2.29. The standard InChI is InChI=1S/C23H27ClN4O2/c1-2-3-9-19-13-21(27-26-19)23(29)28-10-5-7-17(15-28)22-25-14-20(30-22)12-16-6-4-8-18(24)11-16/h4,6,8,11,13-14,17H,2-3,5,7,9-10,12,15H2,1H3,(H,26,27). The number of amides is 1. The van der Waals surface area contributed by atoms with E-state index < -0.39 is 0 Å². The molecule has 0 saturated carbocycles. The Morgan fingerprint density at radius 1 is 1.37 bits per heavy atom. The molecule has 0 bridgehead atoms. The molecule has 0 aliphatic carbocycles. The van der Waals surface area contributed by atoms with Crippen LogP contribution in [-0.4, -0.2) is 39.1 Å². The van der Waals surface area contributed by atoms with Crippen molar-refractivity contribution in [2.45, 2.75) is 51.4 Å². The maximum atomic E-state index is 12.9. The zero-order valence-corrected chi connectivity index (χ0v) is 18.0. The highest BCUT2D eigenvalue weighted by atomic mass is 35.5. The molecular formula is C23H27ClN4O2. The van der Waals surface area contributed by atoms with Crippen molar-refractivity contribution in [1.82, 2.24) is 20.1 Å². The second-order valence-corrected chi connectivity index (χ2v) is 8.38. The number of halogens is 1. The quantitative estimate of drug-likeness (QED) is 0.576. The van der Waals surface area contributed by atoms with Gasteiger partial charge in [-0.15, -0.1) is 0 Å². The van der Waals surface area contributed by atoms with Gasteiger partial charge in [-0.1, -0.05) is 37.1 Å². The number of piperidine rings is 1. The molecule has 0 spiro atoms. The summed E-state index contributed by atoms with van der Waals surface area (Å²) in [5.41, 5.74) is 2.60. The predicted molar refractivity (Wildman–Crippen MR) is 116 cm³/mol. The summed E-state index contributed by atoms with van der Waals surface area (Å²) in [6.07, 6.45) is 7.44. The van der Waals surface area contributed by atoms with Crippen molar-refractivity contribution in [3.63, 3.8) is 0 Å². The van der Waals surface area contributed by atoms with Crippen LogP contribution in [0.25, 0.3) is 0 Å². The summed E-state index contributed by atoms with van der Waals surface area (Å²) in [7, 11) is 0. The van der Waals surface area contributed by atoms with Gasteiger partial charge in [-0.2, -0.15) is 5.10 Å². The Morgan fingerprint density at radius 3 is 3.10 bits per heavy atom. The van der Waals surface area contributed by atoms with Gasteiger partial charge in [-0.3, -0.25) is 9.89 Å². The Labute approximate surface area is 181 Å². The van der Waals surface area contributed by atoms with Crippen molar-refractivity contribution >= 4 is 17.5 Å². The molecule has 0 radical (unpaired) electrons. The van der Waals surface area contributed by atoms with Crippen molar-refractivity contribution in [2.75, 3.05) is 13.1 Å². The van der Waals surface area contributed by atoms with Crippen molar-refractivity contribution < 1.29 is 9.21 Å². The van der Waals surface area contributed by atoms with Crippen LogP contribution in [0.15, 0.2) is 40.9 Å². The second kappa shape index (κ2) is 9.47. The van der Waals surface area contributed by atoms with Gasteiger partial charge in [0.05, 0.1) is 12.1 Å². The van der Waals surface area contributed by atoms with Crippen LogP contribution >= 0.6 is 11.6 Å². The first kappa shape index (κ1) is 20.7. The minimum Gasteiger partial charge on any atom is -0.445 e. The third-order valence-corrected chi connectivity index (χ3v) is 5.78. The number of rotatable bonds is 7. The first-order chi connectivity index (χ1) is 14.6. The van der Waals surface area contributed by atoms with Gasteiger partial charge in [0, 0.05) is 30.2 Å². The van der Waals surface area contributed by atoms with Gasteiger partial charge in [-0.25, -0.2) is 4.98 Å². The van der Waals surface area contributed by atoms with Crippen LogP contribution in [0.2, 0.25) is 5.02 Å². The molecule has 1 atom stereocenters. The predicted octanol–water partition coefficient (Wildman–Crippen LogP) is 5.00. The van der Waals surface area contributed by atoms with Gasteiger partial charge in [0.15, 0.2) is 5.89 Å². The van der Waals surface area contributed by atoms with Gasteiger partial charge in [0.1, 0.15) is 11.5 Å². The fraction of sp³-hybridized carbons (Fsp3) is 0.435. The molecule has 1 saturated heterocycles. The Hall–Kier alpha value is -2.60. The summed E-state index contributed by atoms with van der Waals surface area (Å²) >= 11 is 6.07. The van der Waals surface area contributed by atoms with Crippen molar-refractivity contribution in [1.29, 1.82) is 0 Å². The van der Waals surface area contributed by atoms with E-state index in [0.29, 0.717) is 29.6 Å². The van der Waals surface area contributed by atoms with E-state index in [2.05, 4.69) is 22.1 Å². The molecular weight excluding hydrogens is 400 g/mol. The number of unbranched alkanes of at least 4 members (excludes halogenated alkanes) is 1. The van der Waals surface area contributed by atoms with E-state index >= 15 is 0 Å². The molecule has 2 aromatic heterocycles. The Kier molecular flexibility index (Phi) is 6.53. The molecule has 1 amide bonds. The first-order valence-corrected chi connectivity index (χ1v) is 11.0. The molecule has 1 aliphatic rings. The smallest absolute Gasteiger partial charge is 0.274 e. The van der Waals surface area contributed by atoms with Crippen LogP contribution in [0.4, 0.5) is 0 Å². The molecule has 4 rings (SSSR count). The number of aryl methyl sites for hydroxylation is 1. The number of hydrogen-bond donors (Lipinski definition) is 1. The fourth-order valence-corrected chi connectivity index (χ4v) is 4.15. The largest absolute Gasteiger partial charge is 0.445 e. The summed E-state index contributed by atoms with van der Waals surface area (Å²) in [6, 6.07) is 9.63. The maximum Gasteiger partial charge on any atom is 0.274 e. The number of hydrogen-bond acceptors (Lipinski definition) is 4. The van der Waals surface area contributed by atoms with E-state index in [1.807, 2.05) is 35.2 Å². The third-order valence-electron chi connectivity index (χ3n) is 5.55. The van der Waals surface area contributed by atoms with E-state index in [1.54, 1.807) is 6.20 Å². The Bertz CT molecular complexity index is 997. The topological polar surface area (TPSA) is 75.0 Å². The number of H-pyrrole nitrogens is 1. The minimum atomic E-state index is -0.0237. The average molecular weight is 427 g/mol. The number of aromatic amines is 1. The number of carbonyl (C=O) groups is 1. The molecule has 1 aliphatic heterocycles. The van der Waals surface area contributed by atoms with Gasteiger partial charge in [0.2, 0.25) is 0 Å². The summed E-state index contributed by atoms with van der Waals surface area (Å²) < 4.78 is 6.04. The lowest BCUT2D eigenvalue weighted by Gasteiger charge is -2.30. The molecule has 1 unspecified atom stereocenters. The molecule has 30 heavy (non-hydrogen) atoms. The Morgan fingerprint density at radius 2 is 2.27 bits per heavy atom. The number of nitrogens with zero attached hydrogens (tertiary/aromatic N) is 3. The molecule has 1 fully saturated rings. The van der Waals surface area contributed by atoms with Crippen molar-refractivity contribution in [2.24, 2.45) is 0 Å². The average Bonchev–Trinajstić information content (AvgIpc) is 3.42.